The molecular weight excluding hydrogens is 224 g/mol. The van der Waals surface area contributed by atoms with Crippen molar-refractivity contribution in [1.29, 1.82) is 0 Å². The first kappa shape index (κ1) is 12.6. The predicted molar refractivity (Wildman–Crippen MR) is 74.7 cm³/mol. The first-order chi connectivity index (χ1) is 8.63. The van der Waals surface area contributed by atoms with Gasteiger partial charge in [0.2, 0.25) is 0 Å². The Bertz CT molecular complexity index is 614. The minimum atomic E-state index is -0.00509. The summed E-state index contributed by atoms with van der Waals surface area (Å²) >= 11 is 0. The lowest BCUT2D eigenvalue weighted by atomic mass is 9.98. The highest BCUT2D eigenvalue weighted by atomic mass is 16.1. The Labute approximate surface area is 107 Å². The van der Waals surface area contributed by atoms with Crippen molar-refractivity contribution in [3.05, 3.63) is 58.0 Å². The number of benzene rings is 1. The number of pyridine rings is 1. The van der Waals surface area contributed by atoms with Gasteiger partial charge in [0.25, 0.3) is 5.56 Å². The van der Waals surface area contributed by atoms with E-state index in [1.807, 2.05) is 18.3 Å². The second-order valence-corrected chi connectivity index (χ2v) is 4.49. The number of rotatable bonds is 3. The van der Waals surface area contributed by atoms with Crippen molar-refractivity contribution >= 4 is 0 Å². The van der Waals surface area contributed by atoms with E-state index in [-0.39, 0.29) is 5.56 Å². The van der Waals surface area contributed by atoms with Gasteiger partial charge in [0.1, 0.15) is 0 Å². The Morgan fingerprint density at radius 1 is 1.17 bits per heavy atom. The highest BCUT2D eigenvalue weighted by Gasteiger charge is 2.05. The molecular formula is C15H18N2O. The Morgan fingerprint density at radius 2 is 1.94 bits per heavy atom. The van der Waals surface area contributed by atoms with Crippen LogP contribution in [-0.4, -0.2) is 11.1 Å². The standard InChI is InChI=1S/C15H18N2O/c1-11-4-3-5-14(12(11)2)13-6-7-15(18)17(10-13)9-8-16/h3-7,10H,8-9,16H2,1-2H3. The van der Waals surface area contributed by atoms with Crippen LogP contribution in [-0.2, 0) is 6.54 Å². The first-order valence-electron chi connectivity index (χ1n) is 6.10. The molecule has 0 unspecified atom stereocenters. The number of hydrogen-bond donors (Lipinski definition) is 1. The van der Waals surface area contributed by atoms with Crippen LogP contribution in [0.25, 0.3) is 11.1 Å². The van der Waals surface area contributed by atoms with Crippen LogP contribution in [0.2, 0.25) is 0 Å². The molecule has 0 saturated carbocycles. The van der Waals surface area contributed by atoms with Gasteiger partial charge >= 0.3 is 0 Å². The maximum atomic E-state index is 11.7. The Morgan fingerprint density at radius 3 is 2.67 bits per heavy atom. The molecule has 18 heavy (non-hydrogen) atoms. The fourth-order valence-electron chi connectivity index (χ4n) is 2.07. The second-order valence-electron chi connectivity index (χ2n) is 4.49. The fraction of sp³-hybridized carbons (Fsp3) is 0.267. The molecule has 1 aromatic heterocycles. The van der Waals surface area contributed by atoms with Gasteiger partial charge in [-0.1, -0.05) is 18.2 Å². The largest absolute Gasteiger partial charge is 0.329 e. The Hall–Kier alpha value is -1.87. The van der Waals surface area contributed by atoms with Crippen LogP contribution in [0, 0.1) is 13.8 Å². The highest BCUT2D eigenvalue weighted by molar-refractivity contribution is 5.67. The minimum Gasteiger partial charge on any atom is -0.329 e. The highest BCUT2D eigenvalue weighted by Crippen LogP contribution is 2.24. The average molecular weight is 242 g/mol. The molecule has 0 atom stereocenters. The average Bonchev–Trinajstić information content (AvgIpc) is 2.36. The molecule has 0 bridgehead atoms. The molecule has 1 heterocycles. The lowest BCUT2D eigenvalue weighted by Crippen LogP contribution is -2.22. The van der Waals surface area contributed by atoms with Crippen molar-refractivity contribution in [2.24, 2.45) is 5.73 Å². The van der Waals surface area contributed by atoms with Gasteiger partial charge in [-0.05, 0) is 42.2 Å². The van der Waals surface area contributed by atoms with Crippen LogP contribution in [0.3, 0.4) is 0 Å². The van der Waals surface area contributed by atoms with Gasteiger partial charge in [-0.2, -0.15) is 0 Å². The molecule has 2 N–H and O–H groups in total. The van der Waals surface area contributed by atoms with Gasteiger partial charge in [0, 0.05) is 25.4 Å². The van der Waals surface area contributed by atoms with Crippen LogP contribution in [0.1, 0.15) is 11.1 Å². The molecule has 1 aromatic carbocycles. The SMILES string of the molecule is Cc1cccc(-c2ccc(=O)n(CCN)c2)c1C. The second kappa shape index (κ2) is 5.19. The Kier molecular flexibility index (Phi) is 3.63. The molecule has 3 nitrogen and oxygen atoms in total. The third-order valence-corrected chi connectivity index (χ3v) is 3.27. The van der Waals surface area contributed by atoms with Crippen LogP contribution in [0.4, 0.5) is 0 Å². The molecule has 0 amide bonds. The third kappa shape index (κ3) is 2.36. The van der Waals surface area contributed by atoms with Gasteiger partial charge in [0.15, 0.2) is 0 Å². The van der Waals surface area contributed by atoms with Gasteiger partial charge < -0.3 is 10.3 Å². The van der Waals surface area contributed by atoms with Gasteiger partial charge in [0.05, 0.1) is 0 Å². The summed E-state index contributed by atoms with van der Waals surface area (Å²) < 4.78 is 1.66. The smallest absolute Gasteiger partial charge is 0.250 e. The van der Waals surface area contributed by atoms with Gasteiger partial charge in [-0.25, -0.2) is 0 Å². The summed E-state index contributed by atoms with van der Waals surface area (Å²) in [6.07, 6.45) is 1.89. The fourth-order valence-corrected chi connectivity index (χ4v) is 2.07. The zero-order valence-electron chi connectivity index (χ0n) is 10.8. The van der Waals surface area contributed by atoms with E-state index < -0.39 is 0 Å². The number of aryl methyl sites for hydroxylation is 1. The van der Waals surface area contributed by atoms with Crippen molar-refractivity contribution in [2.45, 2.75) is 20.4 Å². The maximum absolute atomic E-state index is 11.7. The van der Waals surface area contributed by atoms with E-state index in [1.165, 1.54) is 16.7 Å². The van der Waals surface area contributed by atoms with Crippen LogP contribution in [0.5, 0.6) is 0 Å². The first-order valence-corrected chi connectivity index (χ1v) is 6.10. The normalized spacial score (nSPS) is 10.6. The zero-order chi connectivity index (χ0) is 13.1. The van der Waals surface area contributed by atoms with Crippen molar-refractivity contribution in [1.82, 2.24) is 4.57 Å². The summed E-state index contributed by atoms with van der Waals surface area (Å²) in [7, 11) is 0. The monoisotopic (exact) mass is 242 g/mol. The van der Waals surface area contributed by atoms with Gasteiger partial charge in [-0.3, -0.25) is 4.79 Å². The van der Waals surface area contributed by atoms with E-state index in [2.05, 4.69) is 26.0 Å². The van der Waals surface area contributed by atoms with Crippen LogP contribution < -0.4 is 11.3 Å². The van der Waals surface area contributed by atoms with Crippen molar-refractivity contribution < 1.29 is 0 Å². The summed E-state index contributed by atoms with van der Waals surface area (Å²) in [6, 6.07) is 9.68. The molecule has 0 fully saturated rings. The number of nitrogens with zero attached hydrogens (tertiary/aromatic N) is 1. The molecule has 0 aliphatic heterocycles. The maximum Gasteiger partial charge on any atom is 0.250 e. The van der Waals surface area contributed by atoms with E-state index in [9.17, 15) is 4.79 Å². The zero-order valence-corrected chi connectivity index (χ0v) is 10.8. The number of aromatic nitrogens is 1. The molecule has 3 heteroatoms. The molecule has 2 rings (SSSR count). The van der Waals surface area contributed by atoms with E-state index in [4.69, 9.17) is 5.73 Å². The quantitative estimate of drug-likeness (QED) is 0.896. The molecule has 0 aliphatic carbocycles. The topological polar surface area (TPSA) is 48.0 Å². The summed E-state index contributed by atoms with van der Waals surface area (Å²) in [5, 5.41) is 0. The minimum absolute atomic E-state index is 0.00509. The van der Waals surface area contributed by atoms with Crippen molar-refractivity contribution in [3.63, 3.8) is 0 Å². The molecule has 2 aromatic rings. The lowest BCUT2D eigenvalue weighted by molar-refractivity contribution is 0.682. The number of nitrogens with two attached hydrogens (primary N) is 1. The molecule has 0 radical (unpaired) electrons. The van der Waals surface area contributed by atoms with E-state index in [0.717, 1.165) is 5.56 Å². The van der Waals surface area contributed by atoms with Crippen molar-refractivity contribution in [2.75, 3.05) is 6.54 Å². The lowest BCUT2D eigenvalue weighted by Gasteiger charge is -2.11. The molecule has 0 spiro atoms. The van der Waals surface area contributed by atoms with Crippen molar-refractivity contribution in [3.8, 4) is 11.1 Å². The molecule has 0 aliphatic rings. The van der Waals surface area contributed by atoms with Gasteiger partial charge in [-0.15, -0.1) is 0 Å². The van der Waals surface area contributed by atoms with Crippen LogP contribution >= 0.6 is 0 Å². The van der Waals surface area contributed by atoms with Crippen LogP contribution in [0.15, 0.2) is 41.3 Å². The summed E-state index contributed by atoms with van der Waals surface area (Å²) in [5.74, 6) is 0. The van der Waals surface area contributed by atoms with E-state index >= 15 is 0 Å². The summed E-state index contributed by atoms with van der Waals surface area (Å²) in [5.41, 5.74) is 10.2. The Balaban J connectivity index is 2.54. The third-order valence-electron chi connectivity index (χ3n) is 3.27. The molecule has 94 valence electrons. The summed E-state index contributed by atoms with van der Waals surface area (Å²) in [6.45, 7) is 5.21. The predicted octanol–water partition coefficient (Wildman–Crippen LogP) is 2.09. The molecule has 0 saturated heterocycles. The number of hydrogen-bond acceptors (Lipinski definition) is 2. The van der Waals surface area contributed by atoms with E-state index in [1.54, 1.807) is 10.6 Å². The van der Waals surface area contributed by atoms with E-state index in [0.29, 0.717) is 13.1 Å². The summed E-state index contributed by atoms with van der Waals surface area (Å²) in [4.78, 5) is 11.7.